The Hall–Kier alpha value is 0.0569. The molecule has 0 saturated heterocycles. The van der Waals surface area contributed by atoms with Crippen molar-refractivity contribution in [2.75, 3.05) is 27.9 Å². The summed E-state index contributed by atoms with van der Waals surface area (Å²) in [7, 11) is 6.12. The van der Waals surface area contributed by atoms with Crippen LogP contribution in [-0.2, 0) is 14.2 Å². The van der Waals surface area contributed by atoms with E-state index in [1.807, 2.05) is 6.92 Å². The molecule has 0 aliphatic rings. The lowest BCUT2D eigenvalue weighted by molar-refractivity contribution is -0.278. The van der Waals surface area contributed by atoms with Crippen LogP contribution < -0.4 is 5.32 Å². The minimum atomic E-state index is -0.814. The first-order chi connectivity index (χ1) is 6.66. The summed E-state index contributed by atoms with van der Waals surface area (Å²) in [6, 6.07) is 1.28. The molecule has 5 heteroatoms. The first-order valence-electron chi connectivity index (χ1n) is 5.05. The second-order valence-electron chi connectivity index (χ2n) is 3.23. The molecule has 0 aromatic carbocycles. The second-order valence-corrected chi connectivity index (χ2v) is 4.23. The van der Waals surface area contributed by atoms with Gasteiger partial charge in [0.25, 0.3) is 5.91 Å². The maximum atomic E-state index is 5.34. The molecule has 0 radical (unpaired) electrons. The van der Waals surface area contributed by atoms with Gasteiger partial charge in [-0.05, 0) is 19.9 Å². The monoisotopic (exact) mass is 221 g/mol. The van der Waals surface area contributed by atoms with Crippen molar-refractivity contribution in [3.8, 4) is 0 Å². The lowest BCUT2D eigenvalue weighted by atomic mass is 10.3. The van der Waals surface area contributed by atoms with Crippen LogP contribution in [-0.4, -0.2) is 50.1 Å². The second kappa shape index (κ2) is 7.36. The summed E-state index contributed by atoms with van der Waals surface area (Å²) in [6.45, 7) is 2.81. The zero-order valence-corrected chi connectivity index (χ0v) is 11.9. The maximum Gasteiger partial charge on any atom is 0.254 e. The van der Waals surface area contributed by atoms with Crippen LogP contribution in [0.5, 0.6) is 0 Å². The molecule has 0 bridgehead atoms. The van der Waals surface area contributed by atoms with Gasteiger partial charge in [-0.2, -0.15) is 0 Å². The van der Waals surface area contributed by atoms with Crippen LogP contribution in [0.1, 0.15) is 13.3 Å². The Morgan fingerprint density at radius 2 is 1.86 bits per heavy atom. The van der Waals surface area contributed by atoms with Gasteiger partial charge in [-0.3, -0.25) is 5.32 Å². The smallest absolute Gasteiger partial charge is 0.254 e. The molecule has 1 N–H and O–H groups in total. The summed E-state index contributed by atoms with van der Waals surface area (Å²) < 4.78 is 15.9. The quantitative estimate of drug-likeness (QED) is 0.348. The van der Waals surface area contributed by atoms with E-state index in [1.165, 1.54) is 16.3 Å². The van der Waals surface area contributed by atoms with Crippen LogP contribution in [0.3, 0.4) is 0 Å². The molecular weight excluding hydrogens is 198 g/mol. The van der Waals surface area contributed by atoms with Gasteiger partial charge >= 0.3 is 0 Å². The molecule has 0 aromatic rings. The van der Waals surface area contributed by atoms with Crippen LogP contribution >= 0.6 is 0 Å². The minimum Gasteiger partial charge on any atom is -0.375 e. The summed E-state index contributed by atoms with van der Waals surface area (Å²) in [6.07, 6.45) is 1.00. The van der Waals surface area contributed by atoms with Crippen molar-refractivity contribution < 1.29 is 14.2 Å². The molecule has 1 unspecified atom stereocenters. The van der Waals surface area contributed by atoms with E-state index in [0.717, 1.165) is 13.0 Å². The highest BCUT2D eigenvalue weighted by molar-refractivity contribution is 6.08. The fraction of sp³-hybridized carbons (Fsp3) is 1.00. The third-order valence-electron chi connectivity index (χ3n) is 2.40. The predicted molar refractivity (Wildman–Crippen MR) is 60.6 cm³/mol. The van der Waals surface area contributed by atoms with Crippen LogP contribution in [0.25, 0.3) is 0 Å². The lowest BCUT2D eigenvalue weighted by Gasteiger charge is -2.36. The number of rotatable bonds is 8. The van der Waals surface area contributed by atoms with Crippen molar-refractivity contribution in [2.45, 2.75) is 31.4 Å². The zero-order valence-electron chi connectivity index (χ0n) is 9.92. The molecule has 86 valence electrons. The summed E-state index contributed by atoms with van der Waals surface area (Å²) in [5.41, 5.74) is 0. The fourth-order valence-electron chi connectivity index (χ4n) is 1.30. The minimum absolute atomic E-state index is 0.147. The SMILES string of the molecule is COC(C)C(NCCC[SiH3])(OC)OC. The van der Waals surface area contributed by atoms with Crippen LogP contribution in [0, 0.1) is 0 Å². The fourth-order valence-corrected chi connectivity index (χ4v) is 1.65. The third-order valence-corrected chi connectivity index (χ3v) is 3.10. The van der Waals surface area contributed by atoms with Gasteiger partial charge in [0.15, 0.2) is 0 Å². The molecule has 0 aromatic heterocycles. The molecule has 0 aliphatic heterocycles. The Labute approximate surface area is 89.7 Å². The Morgan fingerprint density at radius 3 is 2.21 bits per heavy atom. The normalized spacial score (nSPS) is 14.6. The first kappa shape index (κ1) is 14.1. The van der Waals surface area contributed by atoms with Crippen molar-refractivity contribution in [2.24, 2.45) is 0 Å². The highest BCUT2D eigenvalue weighted by Gasteiger charge is 2.36. The highest BCUT2D eigenvalue weighted by atomic mass is 28.1. The lowest BCUT2D eigenvalue weighted by Crippen LogP contribution is -2.57. The van der Waals surface area contributed by atoms with Gasteiger partial charge in [-0.15, -0.1) is 0 Å². The van der Waals surface area contributed by atoms with Gasteiger partial charge in [0.2, 0.25) is 0 Å². The van der Waals surface area contributed by atoms with Crippen LogP contribution in [0.4, 0.5) is 0 Å². The number of ether oxygens (including phenoxy) is 3. The van der Waals surface area contributed by atoms with Gasteiger partial charge in [-0.1, -0.05) is 6.04 Å². The summed E-state index contributed by atoms with van der Waals surface area (Å²) in [4.78, 5) is 0. The first-order valence-corrected chi connectivity index (χ1v) is 6.46. The number of nitrogens with one attached hydrogen (secondary N) is 1. The molecule has 0 heterocycles. The standard InChI is InChI=1S/C9H23NO3Si/c1-8(11-2)9(12-3,13-4)10-6-5-7-14/h8,10H,5-7H2,1-4,14H3. The topological polar surface area (TPSA) is 39.7 Å². The van der Waals surface area contributed by atoms with E-state index in [9.17, 15) is 0 Å². The molecule has 0 rings (SSSR count). The van der Waals surface area contributed by atoms with Gasteiger partial charge < -0.3 is 14.2 Å². The molecule has 0 aliphatic carbocycles. The van der Waals surface area contributed by atoms with E-state index < -0.39 is 5.91 Å². The molecule has 1 atom stereocenters. The van der Waals surface area contributed by atoms with E-state index >= 15 is 0 Å². The van der Waals surface area contributed by atoms with Crippen molar-refractivity contribution in [3.05, 3.63) is 0 Å². The van der Waals surface area contributed by atoms with Gasteiger partial charge in [0, 0.05) is 31.6 Å². The van der Waals surface area contributed by atoms with Crippen molar-refractivity contribution in [1.29, 1.82) is 0 Å². The molecule has 0 saturated carbocycles. The maximum absolute atomic E-state index is 5.34. The number of hydrogen-bond donors (Lipinski definition) is 1. The van der Waals surface area contributed by atoms with E-state index in [2.05, 4.69) is 5.32 Å². The van der Waals surface area contributed by atoms with Crippen molar-refractivity contribution >= 4 is 10.2 Å². The van der Waals surface area contributed by atoms with Gasteiger partial charge in [0.05, 0.1) is 0 Å². The number of hydrogen-bond acceptors (Lipinski definition) is 4. The summed E-state index contributed by atoms with van der Waals surface area (Å²) >= 11 is 0. The summed E-state index contributed by atoms with van der Waals surface area (Å²) in [5, 5.41) is 3.24. The van der Waals surface area contributed by atoms with Gasteiger partial charge in [-0.25, -0.2) is 0 Å². The van der Waals surface area contributed by atoms with E-state index in [0.29, 0.717) is 0 Å². The Kier molecular flexibility index (Phi) is 7.39. The molecule has 0 amide bonds. The average Bonchev–Trinajstić information content (AvgIpc) is 2.24. The highest BCUT2D eigenvalue weighted by Crippen LogP contribution is 2.15. The molecule has 14 heavy (non-hydrogen) atoms. The average molecular weight is 221 g/mol. The molecule has 0 spiro atoms. The van der Waals surface area contributed by atoms with Crippen LogP contribution in [0.15, 0.2) is 0 Å². The molecular formula is C9H23NO3Si. The number of methoxy groups -OCH3 is 3. The van der Waals surface area contributed by atoms with E-state index in [1.54, 1.807) is 21.3 Å². The Morgan fingerprint density at radius 1 is 1.29 bits per heavy atom. The Balaban J connectivity index is 4.21. The molecule has 0 fully saturated rings. The van der Waals surface area contributed by atoms with E-state index in [-0.39, 0.29) is 6.10 Å². The largest absolute Gasteiger partial charge is 0.375 e. The van der Waals surface area contributed by atoms with Crippen molar-refractivity contribution in [3.63, 3.8) is 0 Å². The van der Waals surface area contributed by atoms with E-state index in [4.69, 9.17) is 14.2 Å². The molecule has 4 nitrogen and oxygen atoms in total. The van der Waals surface area contributed by atoms with Gasteiger partial charge in [0.1, 0.15) is 6.10 Å². The Bertz CT molecular complexity index is 142. The predicted octanol–water partition coefficient (Wildman–Crippen LogP) is -0.269. The van der Waals surface area contributed by atoms with Crippen LogP contribution in [0.2, 0.25) is 6.04 Å². The third kappa shape index (κ3) is 3.66. The van der Waals surface area contributed by atoms with Crippen molar-refractivity contribution in [1.82, 2.24) is 5.32 Å². The summed E-state index contributed by atoms with van der Waals surface area (Å²) in [5.74, 6) is -0.814. The zero-order chi connectivity index (χ0) is 11.0.